The lowest BCUT2D eigenvalue weighted by atomic mass is 9.92. The van der Waals surface area contributed by atoms with Crippen molar-refractivity contribution in [3.8, 4) is 0 Å². The topological polar surface area (TPSA) is 41.5 Å². The molecule has 0 bridgehead atoms. The van der Waals surface area contributed by atoms with Crippen LogP contribution in [0.5, 0.6) is 0 Å². The second-order valence-corrected chi connectivity index (χ2v) is 4.67. The molecule has 90 valence electrons. The van der Waals surface area contributed by atoms with Crippen molar-refractivity contribution in [2.24, 2.45) is 5.92 Å². The molecule has 2 atom stereocenters. The van der Waals surface area contributed by atoms with Gasteiger partial charge in [0.2, 0.25) is 0 Å². The van der Waals surface area contributed by atoms with E-state index in [9.17, 15) is 0 Å². The molecule has 2 unspecified atom stereocenters. The Balaban J connectivity index is 2.17. The molecule has 0 aromatic rings. The third kappa shape index (κ3) is 4.96. The van der Waals surface area contributed by atoms with Gasteiger partial charge in [0.1, 0.15) is 0 Å². The summed E-state index contributed by atoms with van der Waals surface area (Å²) in [4.78, 5) is 0. The Morgan fingerprint density at radius 2 is 2.00 bits per heavy atom. The second kappa shape index (κ2) is 7.20. The van der Waals surface area contributed by atoms with Crippen LogP contribution in [0.25, 0.3) is 0 Å². The fourth-order valence-corrected chi connectivity index (χ4v) is 2.28. The van der Waals surface area contributed by atoms with Gasteiger partial charge in [-0.3, -0.25) is 0 Å². The summed E-state index contributed by atoms with van der Waals surface area (Å²) in [5, 5.41) is 12.4. The number of aliphatic hydroxyl groups excluding tert-OH is 1. The van der Waals surface area contributed by atoms with Crippen LogP contribution in [-0.4, -0.2) is 37.0 Å². The van der Waals surface area contributed by atoms with E-state index in [-0.39, 0.29) is 0 Å². The zero-order chi connectivity index (χ0) is 11.1. The van der Waals surface area contributed by atoms with Gasteiger partial charge in [-0.25, -0.2) is 0 Å². The van der Waals surface area contributed by atoms with Crippen molar-refractivity contribution in [1.29, 1.82) is 0 Å². The highest BCUT2D eigenvalue weighted by Crippen LogP contribution is 2.19. The molecule has 0 radical (unpaired) electrons. The summed E-state index contributed by atoms with van der Waals surface area (Å²) in [6.07, 6.45) is 4.32. The lowest BCUT2D eigenvalue weighted by Gasteiger charge is -2.30. The minimum absolute atomic E-state index is 0.303. The van der Waals surface area contributed by atoms with Crippen LogP contribution in [0.3, 0.4) is 0 Å². The van der Waals surface area contributed by atoms with Crippen molar-refractivity contribution in [3.05, 3.63) is 0 Å². The number of ether oxygens (including phenoxy) is 1. The van der Waals surface area contributed by atoms with Crippen LogP contribution in [0.1, 0.15) is 39.5 Å². The largest absolute Gasteiger partial charge is 0.396 e. The summed E-state index contributed by atoms with van der Waals surface area (Å²) in [6, 6.07) is 1.08. The van der Waals surface area contributed by atoms with Crippen LogP contribution in [0, 0.1) is 5.92 Å². The van der Waals surface area contributed by atoms with Gasteiger partial charge in [-0.15, -0.1) is 0 Å². The minimum atomic E-state index is 0.303. The van der Waals surface area contributed by atoms with Gasteiger partial charge in [-0.05, 0) is 45.4 Å². The highest BCUT2D eigenvalue weighted by atomic mass is 16.5. The molecule has 0 amide bonds. The number of aliphatic hydroxyl groups is 1. The molecular formula is C12H25NO2. The van der Waals surface area contributed by atoms with E-state index in [1.807, 2.05) is 0 Å². The SMILES string of the molecule is CC(CCCO)NC(C)C1CCOCC1. The highest BCUT2D eigenvalue weighted by molar-refractivity contribution is 4.77. The summed E-state index contributed by atoms with van der Waals surface area (Å²) >= 11 is 0. The average molecular weight is 215 g/mol. The molecule has 1 aliphatic rings. The predicted molar refractivity (Wildman–Crippen MR) is 61.9 cm³/mol. The Hall–Kier alpha value is -0.120. The molecule has 0 aromatic carbocycles. The van der Waals surface area contributed by atoms with Crippen LogP contribution >= 0.6 is 0 Å². The van der Waals surface area contributed by atoms with Gasteiger partial charge < -0.3 is 15.2 Å². The molecule has 3 heteroatoms. The van der Waals surface area contributed by atoms with Crippen molar-refractivity contribution >= 4 is 0 Å². The third-order valence-corrected chi connectivity index (χ3v) is 3.32. The van der Waals surface area contributed by atoms with E-state index in [4.69, 9.17) is 9.84 Å². The lowest BCUT2D eigenvalue weighted by Crippen LogP contribution is -2.41. The second-order valence-electron chi connectivity index (χ2n) is 4.67. The Morgan fingerprint density at radius 3 is 2.60 bits per heavy atom. The first kappa shape index (κ1) is 12.9. The third-order valence-electron chi connectivity index (χ3n) is 3.32. The van der Waals surface area contributed by atoms with E-state index in [2.05, 4.69) is 19.2 Å². The maximum Gasteiger partial charge on any atom is 0.0469 e. The normalized spacial score (nSPS) is 22.6. The first-order valence-electron chi connectivity index (χ1n) is 6.18. The number of hydrogen-bond acceptors (Lipinski definition) is 3. The van der Waals surface area contributed by atoms with E-state index >= 15 is 0 Å². The standard InChI is InChI=1S/C12H25NO2/c1-10(4-3-7-14)13-11(2)12-5-8-15-9-6-12/h10-14H,3-9H2,1-2H3. The predicted octanol–water partition coefficient (Wildman–Crippen LogP) is 1.55. The van der Waals surface area contributed by atoms with Gasteiger partial charge in [0.25, 0.3) is 0 Å². The lowest BCUT2D eigenvalue weighted by molar-refractivity contribution is 0.0544. The van der Waals surface area contributed by atoms with Gasteiger partial charge >= 0.3 is 0 Å². The van der Waals surface area contributed by atoms with Crippen LogP contribution in [0.4, 0.5) is 0 Å². The van der Waals surface area contributed by atoms with E-state index in [0.29, 0.717) is 18.7 Å². The van der Waals surface area contributed by atoms with Gasteiger partial charge in [0.15, 0.2) is 0 Å². The number of nitrogens with one attached hydrogen (secondary N) is 1. The maximum atomic E-state index is 8.75. The van der Waals surface area contributed by atoms with Crippen LogP contribution in [0.15, 0.2) is 0 Å². The van der Waals surface area contributed by atoms with Crippen molar-refractivity contribution in [2.75, 3.05) is 19.8 Å². The summed E-state index contributed by atoms with van der Waals surface area (Å²) < 4.78 is 5.36. The molecule has 1 aliphatic heterocycles. The van der Waals surface area contributed by atoms with E-state index < -0.39 is 0 Å². The van der Waals surface area contributed by atoms with Gasteiger partial charge in [-0.1, -0.05) is 0 Å². The van der Waals surface area contributed by atoms with Crippen molar-refractivity contribution in [3.63, 3.8) is 0 Å². The molecule has 1 fully saturated rings. The Labute approximate surface area is 93.2 Å². The Kier molecular flexibility index (Phi) is 6.22. The number of rotatable bonds is 6. The molecule has 0 saturated carbocycles. The summed E-state index contributed by atoms with van der Waals surface area (Å²) in [5.74, 6) is 0.760. The van der Waals surface area contributed by atoms with Gasteiger partial charge in [0, 0.05) is 31.9 Å². The smallest absolute Gasteiger partial charge is 0.0469 e. The zero-order valence-corrected chi connectivity index (χ0v) is 10.0. The van der Waals surface area contributed by atoms with E-state index in [1.54, 1.807) is 0 Å². The summed E-state index contributed by atoms with van der Waals surface area (Å²) in [5.41, 5.74) is 0. The Bertz CT molecular complexity index is 158. The molecule has 1 heterocycles. The average Bonchev–Trinajstić information content (AvgIpc) is 2.27. The fourth-order valence-electron chi connectivity index (χ4n) is 2.28. The van der Waals surface area contributed by atoms with Gasteiger partial charge in [-0.2, -0.15) is 0 Å². The first-order chi connectivity index (χ1) is 7.24. The molecule has 0 spiro atoms. The Morgan fingerprint density at radius 1 is 1.33 bits per heavy atom. The molecule has 1 rings (SSSR count). The monoisotopic (exact) mass is 215 g/mol. The highest BCUT2D eigenvalue weighted by Gasteiger charge is 2.21. The quantitative estimate of drug-likeness (QED) is 0.706. The molecule has 0 aromatic heterocycles. The molecule has 3 nitrogen and oxygen atoms in total. The van der Waals surface area contributed by atoms with Crippen molar-refractivity contribution in [1.82, 2.24) is 5.32 Å². The van der Waals surface area contributed by atoms with Crippen LogP contribution in [0.2, 0.25) is 0 Å². The van der Waals surface area contributed by atoms with Crippen molar-refractivity contribution < 1.29 is 9.84 Å². The van der Waals surface area contributed by atoms with Gasteiger partial charge in [0.05, 0.1) is 0 Å². The van der Waals surface area contributed by atoms with Crippen LogP contribution < -0.4 is 5.32 Å². The fraction of sp³-hybridized carbons (Fsp3) is 1.00. The van der Waals surface area contributed by atoms with Crippen molar-refractivity contribution in [2.45, 2.75) is 51.6 Å². The maximum absolute atomic E-state index is 8.75. The molecule has 0 aliphatic carbocycles. The summed E-state index contributed by atoms with van der Waals surface area (Å²) in [6.45, 7) is 6.61. The van der Waals surface area contributed by atoms with E-state index in [0.717, 1.165) is 32.0 Å². The summed E-state index contributed by atoms with van der Waals surface area (Å²) in [7, 11) is 0. The zero-order valence-electron chi connectivity index (χ0n) is 10.0. The molecule has 1 saturated heterocycles. The number of hydrogen-bond donors (Lipinski definition) is 2. The molecule has 15 heavy (non-hydrogen) atoms. The van der Waals surface area contributed by atoms with Crippen LogP contribution in [-0.2, 0) is 4.74 Å². The minimum Gasteiger partial charge on any atom is -0.396 e. The first-order valence-corrected chi connectivity index (χ1v) is 6.18. The van der Waals surface area contributed by atoms with E-state index in [1.165, 1.54) is 12.8 Å². The molecule has 2 N–H and O–H groups in total. The molecular weight excluding hydrogens is 190 g/mol.